The molecule has 2 bridgehead atoms. The van der Waals surface area contributed by atoms with Gasteiger partial charge in [0.1, 0.15) is 12.1 Å². The van der Waals surface area contributed by atoms with Crippen molar-refractivity contribution < 1.29 is 48.3 Å². The first-order valence-electron chi connectivity index (χ1n) is 22.6. The van der Waals surface area contributed by atoms with Crippen LogP contribution in [-0.4, -0.2) is 100 Å². The predicted octanol–water partition coefficient (Wildman–Crippen LogP) is 6.15. The third-order valence-corrected chi connectivity index (χ3v) is 15.0. The van der Waals surface area contributed by atoms with Gasteiger partial charge in [0, 0.05) is 44.8 Å². The van der Waals surface area contributed by atoms with E-state index in [4.69, 9.17) is 24.0 Å². The number of aromatic nitrogens is 1. The number of carbonyl (C=O) groups excluding carboxylic acids is 4. The van der Waals surface area contributed by atoms with Crippen molar-refractivity contribution in [2.45, 2.75) is 161 Å². The van der Waals surface area contributed by atoms with Crippen LogP contribution in [-0.2, 0) is 44.9 Å². The van der Waals surface area contributed by atoms with Crippen LogP contribution in [0.15, 0.2) is 29.8 Å². The van der Waals surface area contributed by atoms with Crippen LogP contribution in [0.5, 0.6) is 0 Å². The summed E-state index contributed by atoms with van der Waals surface area (Å²) in [6.07, 6.45) is 4.66. The summed E-state index contributed by atoms with van der Waals surface area (Å²) in [5.74, 6) is -0.590. The van der Waals surface area contributed by atoms with E-state index in [1.807, 2.05) is 64.4 Å². The Balaban J connectivity index is 0.806. The lowest BCUT2D eigenvalue weighted by Crippen LogP contribution is -2.70. The number of unbranched alkanes of at least 4 members (excludes halogenated alkanes) is 1. The number of hydrogen-bond donors (Lipinski definition) is 4. The van der Waals surface area contributed by atoms with Gasteiger partial charge in [-0.2, -0.15) is 0 Å². The molecular weight excluding hydrogens is 815 g/mol. The summed E-state index contributed by atoms with van der Waals surface area (Å²) in [6.45, 7) is 14.8. The number of aliphatic hydroxyl groups excluding tert-OH is 1. The predicted molar refractivity (Wildman–Crippen MR) is 231 cm³/mol. The first kappa shape index (κ1) is 46.3. The molecule has 1 aliphatic carbocycles. The first-order valence-corrected chi connectivity index (χ1v) is 23.5. The Bertz CT molecular complexity index is 1910. The van der Waals surface area contributed by atoms with Crippen LogP contribution in [0.2, 0.25) is 0 Å². The van der Waals surface area contributed by atoms with E-state index < -0.39 is 53.3 Å². The molecule has 8 rings (SSSR count). The maximum atomic E-state index is 14.0. The molecule has 1 saturated carbocycles. The molecule has 4 amide bonds. The molecule has 6 heterocycles. The summed E-state index contributed by atoms with van der Waals surface area (Å²) in [5.41, 5.74) is 3.47. The number of aliphatic hydroxyl groups is 1. The topological polar surface area (TPSA) is 187 Å². The standard InChI is InChI=1S/C46H67N5O10S/c1-27-13-18-34-28(2)36(58-42-46(34)33(27)19-20-45(7,59-42)60-61-46)11-10-22-57-43(56)47-21-9-8-12-37(53)50-39(44(4,5)6)41(55)51-25-32(52)23-35(51)40(54)48-24-30-14-16-31(17-15-30)38-29(3)49-26-62-38/h14-17,26-28,32-36,39,42,52H,8-13,18-25H2,1-7H3,(H,47,56)(H,48,54)(H,50,53)/t27-,28-,32-,33+,34+,35+,36-,39-,42-,45?,46-/m1/s1. The number of carbonyl (C=O) groups is 4. The number of aryl methyl sites for hydroxylation is 1. The fourth-order valence-corrected chi connectivity index (χ4v) is 11.2. The number of nitrogens with one attached hydrogen (secondary N) is 3. The molecule has 0 radical (unpaired) electrons. The van der Waals surface area contributed by atoms with Crippen LogP contribution in [0.1, 0.15) is 117 Å². The van der Waals surface area contributed by atoms with Crippen LogP contribution in [0.3, 0.4) is 0 Å². The molecule has 6 fully saturated rings. The fraction of sp³-hybridized carbons (Fsp3) is 0.717. The Hall–Kier alpha value is -3.67. The van der Waals surface area contributed by atoms with Gasteiger partial charge in [0.2, 0.25) is 23.5 Å². The summed E-state index contributed by atoms with van der Waals surface area (Å²) in [4.78, 5) is 72.1. The van der Waals surface area contributed by atoms with E-state index in [1.165, 1.54) is 4.90 Å². The fourth-order valence-electron chi connectivity index (χ4n) is 10.4. The molecule has 5 saturated heterocycles. The highest BCUT2D eigenvalue weighted by molar-refractivity contribution is 7.13. The van der Waals surface area contributed by atoms with Crippen LogP contribution >= 0.6 is 11.3 Å². The molecule has 5 aliphatic heterocycles. The Kier molecular flexibility index (Phi) is 14.3. The molecule has 6 aliphatic rings. The molecular formula is C46H67N5O10S. The zero-order valence-corrected chi connectivity index (χ0v) is 38.2. The molecule has 4 N–H and O–H groups in total. The first-order chi connectivity index (χ1) is 29.5. The number of rotatable bonds is 15. The van der Waals surface area contributed by atoms with Crippen molar-refractivity contribution in [1.82, 2.24) is 25.8 Å². The summed E-state index contributed by atoms with van der Waals surface area (Å²) >= 11 is 1.58. The molecule has 16 heteroatoms. The number of hydrogen-bond acceptors (Lipinski definition) is 12. The second-order valence-electron chi connectivity index (χ2n) is 19.5. The van der Waals surface area contributed by atoms with Gasteiger partial charge in [-0.1, -0.05) is 58.9 Å². The van der Waals surface area contributed by atoms with Crippen molar-refractivity contribution in [3.63, 3.8) is 0 Å². The van der Waals surface area contributed by atoms with Gasteiger partial charge in [-0.3, -0.25) is 14.4 Å². The van der Waals surface area contributed by atoms with Gasteiger partial charge in [0.05, 0.1) is 34.9 Å². The number of β-amino-alcohol motifs (C(OH)–C–C–N with tert-alkyl or cyclic N) is 1. The average Bonchev–Trinajstić information content (AvgIpc) is 3.77. The van der Waals surface area contributed by atoms with E-state index >= 15 is 0 Å². The molecule has 1 spiro atoms. The zero-order valence-electron chi connectivity index (χ0n) is 37.4. The largest absolute Gasteiger partial charge is 0.450 e. The molecule has 342 valence electrons. The van der Waals surface area contributed by atoms with Crippen molar-refractivity contribution in [2.24, 2.45) is 29.1 Å². The Morgan fingerprint density at radius 1 is 1.03 bits per heavy atom. The average molecular weight is 882 g/mol. The molecule has 2 aromatic rings. The van der Waals surface area contributed by atoms with Crippen molar-refractivity contribution in [2.75, 3.05) is 19.7 Å². The highest BCUT2D eigenvalue weighted by atomic mass is 32.1. The molecule has 1 aromatic carbocycles. The van der Waals surface area contributed by atoms with Gasteiger partial charge in [-0.15, -0.1) is 11.3 Å². The quantitative estimate of drug-likeness (QED) is 0.119. The lowest BCUT2D eigenvalue weighted by Gasteiger charge is -2.60. The monoisotopic (exact) mass is 881 g/mol. The number of amides is 4. The summed E-state index contributed by atoms with van der Waals surface area (Å²) in [7, 11) is 0. The van der Waals surface area contributed by atoms with Gasteiger partial charge >= 0.3 is 6.09 Å². The second kappa shape index (κ2) is 19.2. The summed E-state index contributed by atoms with van der Waals surface area (Å²) in [5, 5.41) is 19.2. The van der Waals surface area contributed by atoms with E-state index in [2.05, 4.69) is 34.8 Å². The Labute approximate surface area is 369 Å². The third-order valence-electron chi connectivity index (χ3n) is 14.0. The highest BCUT2D eigenvalue weighted by Crippen LogP contribution is 2.60. The van der Waals surface area contributed by atoms with E-state index in [0.717, 1.165) is 53.8 Å². The number of ether oxygens (including phenoxy) is 3. The molecule has 15 nitrogen and oxygen atoms in total. The number of benzene rings is 1. The van der Waals surface area contributed by atoms with Gasteiger partial charge in [-0.05, 0) is 93.1 Å². The Morgan fingerprint density at radius 3 is 2.53 bits per heavy atom. The number of likely N-dealkylation sites (tertiary alicyclic amines) is 1. The van der Waals surface area contributed by atoms with Crippen molar-refractivity contribution in [3.05, 3.63) is 41.0 Å². The SMILES string of the molecule is Cc1ncsc1-c1ccc(CNC(=O)[C@@H]2C[C@@H](O)CN2C(=O)[C@@H](NC(=O)CCCCNC(=O)OCCC[C@H]2O[C@@H]3OC4(C)CC[C@H]5[C@H](C)CC[C@@H]([C@H]2C)[C@@]35OO4)C(C)(C)C)cc1. The van der Waals surface area contributed by atoms with Gasteiger partial charge in [-0.25, -0.2) is 19.6 Å². The maximum Gasteiger partial charge on any atom is 0.407 e. The van der Waals surface area contributed by atoms with Crippen molar-refractivity contribution >= 4 is 35.2 Å². The summed E-state index contributed by atoms with van der Waals surface area (Å²) < 4.78 is 18.6. The lowest BCUT2D eigenvalue weighted by atomic mass is 9.57. The normalized spacial score (nSPS) is 32.0. The maximum absolute atomic E-state index is 14.0. The van der Waals surface area contributed by atoms with Crippen molar-refractivity contribution in [1.29, 1.82) is 0 Å². The summed E-state index contributed by atoms with van der Waals surface area (Å²) in [6, 6.07) is 6.10. The minimum Gasteiger partial charge on any atom is -0.450 e. The lowest BCUT2D eigenvalue weighted by molar-refractivity contribution is -0.571. The minimum atomic E-state index is -0.918. The van der Waals surface area contributed by atoms with E-state index in [0.29, 0.717) is 37.6 Å². The molecule has 11 atom stereocenters. The van der Waals surface area contributed by atoms with Gasteiger partial charge < -0.3 is 40.2 Å². The van der Waals surface area contributed by atoms with Crippen LogP contribution < -0.4 is 16.0 Å². The number of alkyl carbamates (subject to hydrolysis) is 1. The molecule has 62 heavy (non-hydrogen) atoms. The smallest absolute Gasteiger partial charge is 0.407 e. The van der Waals surface area contributed by atoms with E-state index in [-0.39, 0.29) is 62.3 Å². The van der Waals surface area contributed by atoms with Gasteiger partial charge in [0.25, 0.3) is 0 Å². The van der Waals surface area contributed by atoms with Crippen molar-refractivity contribution in [3.8, 4) is 10.4 Å². The number of thiazole rings is 1. The number of fused-ring (bicyclic) bond motifs is 2. The van der Waals surface area contributed by atoms with Crippen LogP contribution in [0, 0.1) is 36.0 Å². The van der Waals surface area contributed by atoms with E-state index in [1.54, 1.807) is 11.3 Å². The zero-order chi connectivity index (χ0) is 44.4. The number of nitrogens with zero attached hydrogens (tertiary/aromatic N) is 2. The van der Waals surface area contributed by atoms with E-state index in [9.17, 15) is 24.3 Å². The second-order valence-corrected chi connectivity index (χ2v) is 20.4. The van der Waals surface area contributed by atoms with Crippen LogP contribution in [0.4, 0.5) is 4.79 Å². The Morgan fingerprint density at radius 2 is 1.81 bits per heavy atom. The van der Waals surface area contributed by atoms with Crippen LogP contribution in [0.25, 0.3) is 10.4 Å². The third kappa shape index (κ3) is 10.00. The molecule has 1 unspecified atom stereocenters. The van der Waals surface area contributed by atoms with Gasteiger partial charge in [0.15, 0.2) is 11.9 Å². The highest BCUT2D eigenvalue weighted by Gasteiger charge is 2.69. The minimum absolute atomic E-state index is 0.00138. The molecule has 1 aromatic heterocycles.